The monoisotopic (exact) mass is 253 g/mol. The molecule has 1 unspecified atom stereocenters. The maximum atomic E-state index is 13.9. The molecule has 3 N–H and O–H groups in total. The fourth-order valence-electron chi connectivity index (χ4n) is 2.48. The number of nitrogens with one attached hydrogen (secondary N) is 1. The highest BCUT2D eigenvalue weighted by Gasteiger charge is 2.69. The molecule has 1 aromatic carbocycles. The lowest BCUT2D eigenvalue weighted by molar-refractivity contribution is 0.248. The molecular formula is C12H13F2N3O. The van der Waals surface area contributed by atoms with Crippen molar-refractivity contribution in [3.63, 3.8) is 0 Å². The van der Waals surface area contributed by atoms with E-state index in [1.54, 1.807) is 0 Å². The molecule has 2 aliphatic rings. The molecule has 0 bridgehead atoms. The maximum Gasteiger partial charge on any atom is 0.144 e. The van der Waals surface area contributed by atoms with Crippen LogP contribution in [0.3, 0.4) is 0 Å². The average Bonchev–Trinajstić information content (AvgIpc) is 3.20. The Morgan fingerprint density at radius 1 is 1.39 bits per heavy atom. The average molecular weight is 253 g/mol. The van der Waals surface area contributed by atoms with Crippen LogP contribution in [0.15, 0.2) is 23.2 Å². The number of hydrogen-bond donors (Lipinski definition) is 2. The van der Waals surface area contributed by atoms with Crippen LogP contribution in [0.1, 0.15) is 18.4 Å². The molecule has 1 aromatic rings. The van der Waals surface area contributed by atoms with Crippen molar-refractivity contribution in [3.05, 3.63) is 35.4 Å². The van der Waals surface area contributed by atoms with Crippen LogP contribution in [0.5, 0.6) is 0 Å². The van der Waals surface area contributed by atoms with Crippen molar-refractivity contribution in [2.45, 2.75) is 24.0 Å². The van der Waals surface area contributed by atoms with Gasteiger partial charge in [0.15, 0.2) is 0 Å². The Labute approximate surface area is 103 Å². The van der Waals surface area contributed by atoms with Crippen LogP contribution >= 0.6 is 0 Å². The number of benzene rings is 1. The van der Waals surface area contributed by atoms with Gasteiger partial charge in [0.05, 0.1) is 18.5 Å². The summed E-state index contributed by atoms with van der Waals surface area (Å²) in [5, 5.41) is 0. The van der Waals surface area contributed by atoms with Crippen molar-refractivity contribution < 1.29 is 13.5 Å². The molecule has 1 atom stereocenters. The second kappa shape index (κ2) is 3.73. The molecule has 3 rings (SSSR count). The van der Waals surface area contributed by atoms with E-state index in [-0.39, 0.29) is 0 Å². The largest absolute Gasteiger partial charge is 0.362 e. The minimum Gasteiger partial charge on any atom is -0.362 e. The third-order valence-electron chi connectivity index (χ3n) is 3.66. The number of ether oxygens (including phenoxy) is 1. The van der Waals surface area contributed by atoms with Gasteiger partial charge in [0.1, 0.15) is 17.2 Å². The highest BCUT2D eigenvalue weighted by Crippen LogP contribution is 2.62. The van der Waals surface area contributed by atoms with E-state index in [4.69, 9.17) is 10.6 Å². The first-order chi connectivity index (χ1) is 8.63. The Morgan fingerprint density at radius 2 is 2.11 bits per heavy atom. The Bertz CT molecular complexity index is 510. The molecule has 1 saturated heterocycles. The molecular weight excluding hydrogens is 240 g/mol. The van der Waals surface area contributed by atoms with Crippen molar-refractivity contribution in [1.82, 2.24) is 5.43 Å². The Hall–Kier alpha value is -1.53. The summed E-state index contributed by atoms with van der Waals surface area (Å²) in [5.41, 5.74) is 1.50. The number of hydrogen-bond acceptors (Lipinski definition) is 3. The van der Waals surface area contributed by atoms with Gasteiger partial charge < -0.3 is 10.2 Å². The minimum absolute atomic E-state index is 0.371. The van der Waals surface area contributed by atoms with Gasteiger partial charge in [-0.05, 0) is 18.9 Å². The molecule has 1 aliphatic carbocycles. The third kappa shape index (κ3) is 1.53. The number of hydrazine groups is 1. The Balaban J connectivity index is 1.98. The molecule has 18 heavy (non-hydrogen) atoms. The van der Waals surface area contributed by atoms with Gasteiger partial charge in [-0.15, -0.1) is 0 Å². The van der Waals surface area contributed by atoms with Crippen LogP contribution in [0.2, 0.25) is 0 Å². The van der Waals surface area contributed by atoms with Crippen LogP contribution in [0, 0.1) is 11.6 Å². The van der Waals surface area contributed by atoms with Gasteiger partial charge in [0, 0.05) is 11.6 Å². The van der Waals surface area contributed by atoms with E-state index in [0.29, 0.717) is 12.2 Å². The number of aliphatic imine (C=N–C) groups is 1. The third-order valence-corrected chi connectivity index (χ3v) is 3.66. The summed E-state index contributed by atoms with van der Waals surface area (Å²) >= 11 is 0. The predicted octanol–water partition coefficient (Wildman–Crippen LogP) is 1.21. The van der Waals surface area contributed by atoms with Gasteiger partial charge in [-0.1, -0.05) is 6.07 Å². The SMILES string of the molecule is NNC=NC1(C2(c3ccc(F)cc3F)CO2)CC1. The van der Waals surface area contributed by atoms with Crippen LogP contribution in [-0.4, -0.2) is 18.5 Å². The molecule has 1 heterocycles. The molecule has 6 heteroatoms. The van der Waals surface area contributed by atoms with Crippen molar-refractivity contribution in [3.8, 4) is 0 Å². The highest BCUT2D eigenvalue weighted by molar-refractivity contribution is 5.56. The van der Waals surface area contributed by atoms with E-state index in [9.17, 15) is 8.78 Å². The molecule has 0 amide bonds. The molecule has 1 aliphatic heterocycles. The van der Waals surface area contributed by atoms with Gasteiger partial charge in [-0.3, -0.25) is 4.99 Å². The van der Waals surface area contributed by atoms with E-state index < -0.39 is 22.8 Å². The van der Waals surface area contributed by atoms with E-state index in [1.165, 1.54) is 18.5 Å². The molecule has 0 aromatic heterocycles. The van der Waals surface area contributed by atoms with Crippen LogP contribution in [0.25, 0.3) is 0 Å². The minimum atomic E-state index is -0.752. The van der Waals surface area contributed by atoms with Crippen molar-refractivity contribution in [1.29, 1.82) is 0 Å². The summed E-state index contributed by atoms with van der Waals surface area (Å²) in [6, 6.07) is 3.55. The summed E-state index contributed by atoms with van der Waals surface area (Å²) in [4.78, 5) is 4.31. The fourth-order valence-corrected chi connectivity index (χ4v) is 2.48. The smallest absolute Gasteiger partial charge is 0.144 e. The van der Waals surface area contributed by atoms with Gasteiger partial charge >= 0.3 is 0 Å². The van der Waals surface area contributed by atoms with Gasteiger partial charge in [-0.25, -0.2) is 14.6 Å². The number of nitrogens with zero attached hydrogens (tertiary/aromatic N) is 1. The standard InChI is InChI=1S/C12H13F2N3O/c13-8-1-2-9(10(14)5-8)12(6-18-12)11(3-4-11)16-7-17-15/h1-2,5,7H,3-4,6,15H2,(H,16,17). The summed E-state index contributed by atoms with van der Waals surface area (Å²) in [7, 11) is 0. The van der Waals surface area contributed by atoms with Gasteiger partial charge in [0.25, 0.3) is 0 Å². The molecule has 2 fully saturated rings. The lowest BCUT2D eigenvalue weighted by Gasteiger charge is -2.20. The van der Waals surface area contributed by atoms with E-state index >= 15 is 0 Å². The van der Waals surface area contributed by atoms with E-state index in [1.807, 2.05) is 0 Å². The number of nitrogens with two attached hydrogens (primary N) is 1. The van der Waals surface area contributed by atoms with Crippen molar-refractivity contribution in [2.24, 2.45) is 10.8 Å². The van der Waals surface area contributed by atoms with Gasteiger partial charge in [0.2, 0.25) is 0 Å². The lowest BCUT2D eigenvalue weighted by Crippen LogP contribution is -2.31. The molecule has 0 radical (unpaired) electrons. The summed E-state index contributed by atoms with van der Waals surface area (Å²) in [6.45, 7) is 0.400. The van der Waals surface area contributed by atoms with E-state index in [0.717, 1.165) is 18.9 Å². The normalized spacial score (nSPS) is 28.4. The Kier molecular flexibility index (Phi) is 2.39. The zero-order chi connectivity index (χ0) is 12.8. The molecule has 4 nitrogen and oxygen atoms in total. The second-order valence-corrected chi connectivity index (χ2v) is 4.70. The number of rotatable bonds is 4. The van der Waals surface area contributed by atoms with Crippen LogP contribution < -0.4 is 11.3 Å². The second-order valence-electron chi connectivity index (χ2n) is 4.70. The molecule has 96 valence electrons. The lowest BCUT2D eigenvalue weighted by atomic mass is 9.89. The van der Waals surface area contributed by atoms with Crippen molar-refractivity contribution in [2.75, 3.05) is 6.61 Å². The zero-order valence-electron chi connectivity index (χ0n) is 9.62. The van der Waals surface area contributed by atoms with Crippen LogP contribution in [-0.2, 0) is 10.3 Å². The first-order valence-corrected chi connectivity index (χ1v) is 5.73. The predicted molar refractivity (Wildman–Crippen MR) is 61.8 cm³/mol. The summed E-state index contributed by atoms with van der Waals surface area (Å²) < 4.78 is 32.3. The van der Waals surface area contributed by atoms with Crippen molar-refractivity contribution >= 4 is 6.34 Å². The fraction of sp³-hybridized carbons (Fsp3) is 0.417. The topological polar surface area (TPSA) is 62.9 Å². The summed E-state index contributed by atoms with van der Waals surface area (Å²) in [6.07, 6.45) is 3.00. The number of halogens is 2. The first kappa shape index (κ1) is 11.6. The van der Waals surface area contributed by atoms with E-state index in [2.05, 4.69) is 10.4 Å². The molecule has 1 saturated carbocycles. The first-order valence-electron chi connectivity index (χ1n) is 5.73. The highest BCUT2D eigenvalue weighted by atomic mass is 19.1. The Morgan fingerprint density at radius 3 is 2.61 bits per heavy atom. The maximum absolute atomic E-state index is 13.9. The van der Waals surface area contributed by atoms with Crippen LogP contribution in [0.4, 0.5) is 8.78 Å². The molecule has 0 spiro atoms. The zero-order valence-corrected chi connectivity index (χ0v) is 9.62. The summed E-state index contributed by atoms with van der Waals surface area (Å²) in [5.74, 6) is 3.97. The quantitative estimate of drug-likeness (QED) is 0.279. The number of epoxide rings is 1. The van der Waals surface area contributed by atoms with Gasteiger partial charge in [-0.2, -0.15) is 0 Å².